The number of carboxylic acids is 1. The van der Waals surface area contributed by atoms with Crippen LogP contribution in [0.5, 0.6) is 0 Å². The Morgan fingerprint density at radius 3 is 2.62 bits per heavy atom. The van der Waals surface area contributed by atoms with Crippen LogP contribution in [0.15, 0.2) is 18.2 Å². The Morgan fingerprint density at radius 1 is 1.31 bits per heavy atom. The second kappa shape index (κ2) is 3.94. The van der Waals surface area contributed by atoms with Gasteiger partial charge in [-0.3, -0.25) is 4.79 Å². The van der Waals surface area contributed by atoms with E-state index in [0.717, 1.165) is 11.1 Å². The minimum absolute atomic E-state index is 0.0141. The Kier molecular flexibility index (Phi) is 2.62. The van der Waals surface area contributed by atoms with E-state index in [2.05, 4.69) is 0 Å². The van der Waals surface area contributed by atoms with Crippen molar-refractivity contribution in [1.29, 1.82) is 0 Å². The molecule has 1 aliphatic rings. The van der Waals surface area contributed by atoms with Crippen LogP contribution in [0.4, 0.5) is 0 Å². The van der Waals surface area contributed by atoms with Crippen LogP contribution in [0, 0.1) is 0 Å². The van der Waals surface area contributed by atoms with Gasteiger partial charge in [0.2, 0.25) is 5.91 Å². The Morgan fingerprint density at radius 2 is 2.00 bits per heavy atom. The first kappa shape index (κ1) is 10.6. The molecule has 1 aromatic carbocycles. The normalized spacial score (nSPS) is 13.7. The summed E-state index contributed by atoms with van der Waals surface area (Å²) in [6, 6.07) is 4.92. The number of aromatic carboxylic acids is 1. The highest BCUT2D eigenvalue weighted by atomic mass is 16.4. The first-order chi connectivity index (χ1) is 7.61. The summed E-state index contributed by atoms with van der Waals surface area (Å²) in [4.78, 5) is 23.8. The number of hydrogen-bond donors (Lipinski definition) is 2. The molecular formula is C11H12N2O3. The van der Waals surface area contributed by atoms with Crippen molar-refractivity contribution in [3.63, 3.8) is 0 Å². The quantitative estimate of drug-likeness (QED) is 0.745. The van der Waals surface area contributed by atoms with Crippen molar-refractivity contribution in [2.75, 3.05) is 6.54 Å². The van der Waals surface area contributed by atoms with Crippen LogP contribution in [-0.2, 0) is 17.9 Å². The molecule has 5 heteroatoms. The second-order valence-electron chi connectivity index (χ2n) is 3.74. The summed E-state index contributed by atoms with van der Waals surface area (Å²) >= 11 is 0. The average molecular weight is 220 g/mol. The highest BCUT2D eigenvalue weighted by molar-refractivity contribution is 5.88. The van der Waals surface area contributed by atoms with Gasteiger partial charge in [0, 0.05) is 13.1 Å². The Labute approximate surface area is 92.5 Å². The molecule has 0 unspecified atom stereocenters. The van der Waals surface area contributed by atoms with Gasteiger partial charge in [0.25, 0.3) is 0 Å². The molecule has 2 rings (SSSR count). The van der Waals surface area contributed by atoms with Gasteiger partial charge in [-0.05, 0) is 23.3 Å². The number of benzene rings is 1. The molecule has 3 N–H and O–H groups in total. The molecule has 5 nitrogen and oxygen atoms in total. The van der Waals surface area contributed by atoms with Crippen molar-refractivity contribution in [1.82, 2.24) is 4.90 Å². The van der Waals surface area contributed by atoms with E-state index in [9.17, 15) is 9.59 Å². The van der Waals surface area contributed by atoms with Crippen LogP contribution in [0.3, 0.4) is 0 Å². The SMILES string of the molecule is NCC(=O)N1Cc2ccc(C(=O)O)cc2C1. The third-order valence-corrected chi connectivity index (χ3v) is 2.70. The molecule has 84 valence electrons. The fourth-order valence-electron chi connectivity index (χ4n) is 1.83. The zero-order chi connectivity index (χ0) is 11.7. The van der Waals surface area contributed by atoms with Crippen molar-refractivity contribution in [3.05, 3.63) is 34.9 Å². The van der Waals surface area contributed by atoms with E-state index >= 15 is 0 Å². The van der Waals surface area contributed by atoms with Crippen molar-refractivity contribution >= 4 is 11.9 Å². The number of carboxylic acid groups (broad SMARTS) is 1. The van der Waals surface area contributed by atoms with Crippen molar-refractivity contribution < 1.29 is 14.7 Å². The molecule has 0 fully saturated rings. The summed E-state index contributed by atoms with van der Waals surface area (Å²) in [6.45, 7) is 0.956. The zero-order valence-corrected chi connectivity index (χ0v) is 8.64. The summed E-state index contributed by atoms with van der Waals surface area (Å²) in [7, 11) is 0. The van der Waals surface area contributed by atoms with E-state index in [0.29, 0.717) is 13.1 Å². The largest absolute Gasteiger partial charge is 0.478 e. The molecule has 0 bridgehead atoms. The molecule has 0 saturated heterocycles. The summed E-state index contributed by atoms with van der Waals surface area (Å²) in [5, 5.41) is 8.84. The van der Waals surface area contributed by atoms with Gasteiger partial charge in [-0.15, -0.1) is 0 Å². The molecule has 0 radical (unpaired) electrons. The fourth-order valence-corrected chi connectivity index (χ4v) is 1.83. The minimum atomic E-state index is -0.952. The third kappa shape index (κ3) is 1.77. The predicted octanol–water partition coefficient (Wildman–Crippen LogP) is 0.186. The van der Waals surface area contributed by atoms with Crippen LogP contribution in [0.2, 0.25) is 0 Å². The molecule has 0 atom stereocenters. The molecule has 1 aromatic rings. The summed E-state index contributed by atoms with van der Waals surface area (Å²) in [6.07, 6.45) is 0. The molecule has 0 aliphatic carbocycles. The van der Waals surface area contributed by atoms with Gasteiger partial charge in [-0.25, -0.2) is 4.79 Å². The lowest BCUT2D eigenvalue weighted by Crippen LogP contribution is -2.31. The van der Waals surface area contributed by atoms with E-state index in [1.54, 1.807) is 23.1 Å². The lowest BCUT2D eigenvalue weighted by atomic mass is 10.1. The summed E-state index contributed by atoms with van der Waals surface area (Å²) in [5.41, 5.74) is 7.41. The van der Waals surface area contributed by atoms with Gasteiger partial charge in [-0.2, -0.15) is 0 Å². The zero-order valence-electron chi connectivity index (χ0n) is 8.64. The number of hydrogen-bond acceptors (Lipinski definition) is 3. The lowest BCUT2D eigenvalue weighted by Gasteiger charge is -2.13. The van der Waals surface area contributed by atoms with Crippen molar-refractivity contribution in [3.8, 4) is 0 Å². The van der Waals surface area contributed by atoms with Gasteiger partial charge < -0.3 is 15.7 Å². The van der Waals surface area contributed by atoms with Crippen LogP contribution in [-0.4, -0.2) is 28.4 Å². The highest BCUT2D eigenvalue weighted by Crippen LogP contribution is 2.23. The maximum absolute atomic E-state index is 11.4. The molecule has 1 heterocycles. The number of fused-ring (bicyclic) bond motifs is 1. The van der Waals surface area contributed by atoms with Crippen LogP contribution in [0.1, 0.15) is 21.5 Å². The van der Waals surface area contributed by atoms with E-state index in [1.165, 1.54) is 0 Å². The highest BCUT2D eigenvalue weighted by Gasteiger charge is 2.23. The van der Waals surface area contributed by atoms with Gasteiger partial charge in [0.15, 0.2) is 0 Å². The van der Waals surface area contributed by atoms with Gasteiger partial charge >= 0.3 is 5.97 Å². The van der Waals surface area contributed by atoms with Gasteiger partial charge in [-0.1, -0.05) is 6.07 Å². The fraction of sp³-hybridized carbons (Fsp3) is 0.273. The molecule has 16 heavy (non-hydrogen) atoms. The molecule has 0 aromatic heterocycles. The number of nitrogens with two attached hydrogens (primary N) is 1. The monoisotopic (exact) mass is 220 g/mol. The standard InChI is InChI=1S/C11H12N2O3/c12-4-10(14)13-5-8-2-1-7(11(15)16)3-9(8)6-13/h1-3H,4-6,12H2,(H,15,16). The number of amides is 1. The Hall–Kier alpha value is -1.88. The van der Waals surface area contributed by atoms with Crippen molar-refractivity contribution in [2.45, 2.75) is 13.1 Å². The topological polar surface area (TPSA) is 83.6 Å². The van der Waals surface area contributed by atoms with E-state index in [1.807, 2.05) is 0 Å². The minimum Gasteiger partial charge on any atom is -0.478 e. The molecule has 1 amide bonds. The third-order valence-electron chi connectivity index (χ3n) is 2.70. The van der Waals surface area contributed by atoms with E-state index < -0.39 is 5.97 Å². The van der Waals surface area contributed by atoms with Gasteiger partial charge in [0.05, 0.1) is 12.1 Å². The van der Waals surface area contributed by atoms with Crippen LogP contribution in [0.25, 0.3) is 0 Å². The smallest absolute Gasteiger partial charge is 0.335 e. The van der Waals surface area contributed by atoms with Crippen molar-refractivity contribution in [2.24, 2.45) is 5.73 Å². The molecule has 0 spiro atoms. The maximum atomic E-state index is 11.4. The number of carbonyl (C=O) groups is 2. The number of rotatable bonds is 2. The summed E-state index contributed by atoms with van der Waals surface area (Å²) < 4.78 is 0. The second-order valence-corrected chi connectivity index (χ2v) is 3.74. The Bertz CT molecular complexity index is 457. The van der Waals surface area contributed by atoms with E-state index in [-0.39, 0.29) is 18.0 Å². The maximum Gasteiger partial charge on any atom is 0.335 e. The first-order valence-electron chi connectivity index (χ1n) is 4.94. The van der Waals surface area contributed by atoms with Crippen LogP contribution < -0.4 is 5.73 Å². The molecule has 1 aliphatic heterocycles. The van der Waals surface area contributed by atoms with Gasteiger partial charge in [0.1, 0.15) is 0 Å². The Balaban J connectivity index is 2.24. The number of nitrogens with zero attached hydrogens (tertiary/aromatic N) is 1. The molecule has 0 saturated carbocycles. The predicted molar refractivity (Wildman–Crippen MR) is 56.7 cm³/mol. The lowest BCUT2D eigenvalue weighted by molar-refractivity contribution is -0.130. The number of carbonyl (C=O) groups excluding carboxylic acids is 1. The summed E-state index contributed by atoms with van der Waals surface area (Å²) in [5.74, 6) is -1.07. The van der Waals surface area contributed by atoms with E-state index in [4.69, 9.17) is 10.8 Å². The van der Waals surface area contributed by atoms with Crippen LogP contribution >= 0.6 is 0 Å². The average Bonchev–Trinajstić information content (AvgIpc) is 2.70. The first-order valence-corrected chi connectivity index (χ1v) is 4.94. The molecular weight excluding hydrogens is 208 g/mol.